The Bertz CT molecular complexity index is 822. The summed E-state index contributed by atoms with van der Waals surface area (Å²) in [6, 6.07) is 11.8. The van der Waals surface area contributed by atoms with Crippen molar-refractivity contribution < 1.29 is 19.0 Å². The van der Waals surface area contributed by atoms with Gasteiger partial charge in [0.05, 0.1) is 13.0 Å². The number of carbonyl (C=O) groups excluding carboxylic acids is 1. The summed E-state index contributed by atoms with van der Waals surface area (Å²) in [4.78, 5) is 11.8. The number of aldehydes is 1. The van der Waals surface area contributed by atoms with Gasteiger partial charge in [0.15, 0.2) is 11.5 Å². The lowest BCUT2D eigenvalue weighted by Gasteiger charge is -2.25. The second-order valence-corrected chi connectivity index (χ2v) is 6.01. The van der Waals surface area contributed by atoms with E-state index in [9.17, 15) is 4.79 Å². The number of aryl methyl sites for hydroxylation is 1. The maximum Gasteiger partial charge on any atom is 0.231 e. The van der Waals surface area contributed by atoms with Crippen LogP contribution in [0.15, 0.2) is 42.0 Å². The van der Waals surface area contributed by atoms with E-state index >= 15 is 0 Å². The van der Waals surface area contributed by atoms with E-state index in [4.69, 9.17) is 14.2 Å². The Balaban J connectivity index is 1.71. The maximum atomic E-state index is 11.8. The van der Waals surface area contributed by atoms with Gasteiger partial charge in [-0.05, 0) is 53.8 Å². The quantitative estimate of drug-likeness (QED) is 0.808. The zero-order valence-electron chi connectivity index (χ0n) is 13.5. The third kappa shape index (κ3) is 2.54. The van der Waals surface area contributed by atoms with Crippen LogP contribution < -0.4 is 14.2 Å². The van der Waals surface area contributed by atoms with Gasteiger partial charge in [0.1, 0.15) is 12.0 Å². The SMILES string of the molecule is COc1ccc2c(c1)C(C=O)C(=Cc1ccc3c(c1)OCO3)CC2. The monoisotopic (exact) mass is 322 g/mol. The third-order valence-corrected chi connectivity index (χ3v) is 4.66. The Morgan fingerprint density at radius 1 is 1.08 bits per heavy atom. The molecule has 2 aromatic rings. The summed E-state index contributed by atoms with van der Waals surface area (Å²) in [7, 11) is 1.64. The number of rotatable bonds is 3. The fourth-order valence-corrected chi connectivity index (χ4v) is 3.39. The zero-order chi connectivity index (χ0) is 16.5. The molecule has 2 aromatic carbocycles. The van der Waals surface area contributed by atoms with Gasteiger partial charge in [-0.25, -0.2) is 0 Å². The molecule has 0 amide bonds. The van der Waals surface area contributed by atoms with Crippen LogP contribution in [-0.2, 0) is 11.2 Å². The maximum absolute atomic E-state index is 11.8. The molecule has 1 atom stereocenters. The van der Waals surface area contributed by atoms with Crippen LogP contribution in [0.5, 0.6) is 17.2 Å². The first kappa shape index (κ1) is 14.8. The molecule has 1 heterocycles. The van der Waals surface area contributed by atoms with E-state index in [-0.39, 0.29) is 12.7 Å². The van der Waals surface area contributed by atoms with Crippen molar-refractivity contribution in [2.24, 2.45) is 0 Å². The summed E-state index contributed by atoms with van der Waals surface area (Å²) in [6.07, 6.45) is 4.91. The lowest BCUT2D eigenvalue weighted by atomic mass is 9.79. The van der Waals surface area contributed by atoms with Crippen molar-refractivity contribution >= 4 is 12.4 Å². The van der Waals surface area contributed by atoms with E-state index in [1.165, 1.54) is 5.56 Å². The fraction of sp³-hybridized carbons (Fsp3) is 0.250. The largest absolute Gasteiger partial charge is 0.497 e. The van der Waals surface area contributed by atoms with Gasteiger partial charge >= 0.3 is 0 Å². The predicted octanol–water partition coefficient (Wildman–Crippen LogP) is 3.74. The molecule has 0 saturated heterocycles. The van der Waals surface area contributed by atoms with Gasteiger partial charge in [0.2, 0.25) is 6.79 Å². The first-order chi connectivity index (χ1) is 11.8. The fourth-order valence-electron chi connectivity index (χ4n) is 3.39. The van der Waals surface area contributed by atoms with Gasteiger partial charge in [-0.15, -0.1) is 0 Å². The molecule has 0 saturated carbocycles. The molecule has 24 heavy (non-hydrogen) atoms. The van der Waals surface area contributed by atoms with E-state index in [1.54, 1.807) is 7.11 Å². The molecular weight excluding hydrogens is 304 g/mol. The van der Waals surface area contributed by atoms with Crippen molar-refractivity contribution in [2.45, 2.75) is 18.8 Å². The molecule has 4 heteroatoms. The van der Waals surface area contributed by atoms with E-state index in [2.05, 4.69) is 12.1 Å². The summed E-state index contributed by atoms with van der Waals surface area (Å²) in [5.41, 5.74) is 4.40. The number of hydrogen-bond acceptors (Lipinski definition) is 4. The number of carbonyl (C=O) groups is 1. The highest BCUT2D eigenvalue weighted by molar-refractivity contribution is 5.75. The van der Waals surface area contributed by atoms with E-state index in [1.807, 2.05) is 30.3 Å². The molecule has 0 aromatic heterocycles. The number of methoxy groups -OCH3 is 1. The third-order valence-electron chi connectivity index (χ3n) is 4.66. The Kier molecular flexibility index (Phi) is 3.73. The predicted molar refractivity (Wildman–Crippen MR) is 90.7 cm³/mol. The Hall–Kier alpha value is -2.75. The van der Waals surface area contributed by atoms with Crippen LogP contribution in [0.4, 0.5) is 0 Å². The molecule has 0 fully saturated rings. The average Bonchev–Trinajstić information content (AvgIpc) is 3.08. The van der Waals surface area contributed by atoms with E-state index < -0.39 is 0 Å². The smallest absolute Gasteiger partial charge is 0.231 e. The van der Waals surface area contributed by atoms with Gasteiger partial charge in [-0.2, -0.15) is 0 Å². The molecular formula is C20H18O4. The molecule has 1 aliphatic carbocycles. The second-order valence-electron chi connectivity index (χ2n) is 6.01. The van der Waals surface area contributed by atoms with E-state index in [0.29, 0.717) is 0 Å². The minimum Gasteiger partial charge on any atom is -0.497 e. The zero-order valence-corrected chi connectivity index (χ0v) is 13.5. The molecule has 4 rings (SSSR count). The molecule has 0 bridgehead atoms. The molecule has 1 aliphatic heterocycles. The van der Waals surface area contributed by atoms with Crippen molar-refractivity contribution in [1.82, 2.24) is 0 Å². The van der Waals surface area contributed by atoms with Crippen LogP contribution in [0.1, 0.15) is 29.0 Å². The molecule has 0 radical (unpaired) electrons. The van der Waals surface area contributed by atoms with Gasteiger partial charge in [-0.3, -0.25) is 0 Å². The van der Waals surface area contributed by atoms with Crippen LogP contribution in [0.25, 0.3) is 6.08 Å². The van der Waals surface area contributed by atoms with Crippen LogP contribution >= 0.6 is 0 Å². The minimum atomic E-state index is -0.228. The van der Waals surface area contributed by atoms with Crippen molar-refractivity contribution in [3.63, 3.8) is 0 Å². The topological polar surface area (TPSA) is 44.8 Å². The summed E-state index contributed by atoms with van der Waals surface area (Å²) < 4.78 is 16.1. The van der Waals surface area contributed by atoms with Gasteiger partial charge in [-0.1, -0.05) is 23.8 Å². The van der Waals surface area contributed by atoms with Crippen LogP contribution in [0, 0.1) is 0 Å². The number of fused-ring (bicyclic) bond motifs is 2. The minimum absolute atomic E-state index is 0.228. The van der Waals surface area contributed by atoms with Gasteiger partial charge in [0, 0.05) is 0 Å². The van der Waals surface area contributed by atoms with E-state index in [0.717, 1.165) is 53.1 Å². The number of hydrogen-bond donors (Lipinski definition) is 0. The summed E-state index contributed by atoms with van der Waals surface area (Å²) in [6.45, 7) is 0.263. The van der Waals surface area contributed by atoms with Gasteiger partial charge < -0.3 is 19.0 Å². The lowest BCUT2D eigenvalue weighted by molar-refractivity contribution is -0.108. The highest BCUT2D eigenvalue weighted by Crippen LogP contribution is 2.39. The standard InChI is InChI=1S/C20H18O4/c1-22-16-6-5-14-3-4-15(18(11-21)17(14)10-16)8-13-2-7-19-20(9-13)24-12-23-19/h2,5-11,18H,3-4,12H2,1H3. The lowest BCUT2D eigenvalue weighted by Crippen LogP contribution is -2.14. The van der Waals surface area contributed by atoms with Crippen molar-refractivity contribution in [2.75, 3.05) is 13.9 Å². The molecule has 122 valence electrons. The van der Waals surface area contributed by atoms with Crippen molar-refractivity contribution in [3.05, 3.63) is 58.7 Å². The second kappa shape index (κ2) is 6.04. The average molecular weight is 322 g/mol. The molecule has 2 aliphatic rings. The number of allylic oxidation sites excluding steroid dienone is 1. The van der Waals surface area contributed by atoms with Crippen LogP contribution in [0.2, 0.25) is 0 Å². The van der Waals surface area contributed by atoms with Crippen molar-refractivity contribution in [1.29, 1.82) is 0 Å². The van der Waals surface area contributed by atoms with Crippen LogP contribution in [0.3, 0.4) is 0 Å². The van der Waals surface area contributed by atoms with Crippen LogP contribution in [-0.4, -0.2) is 20.2 Å². The highest BCUT2D eigenvalue weighted by Gasteiger charge is 2.25. The first-order valence-corrected chi connectivity index (χ1v) is 8.00. The molecule has 0 spiro atoms. The van der Waals surface area contributed by atoms with Gasteiger partial charge in [0.25, 0.3) is 0 Å². The number of benzene rings is 2. The molecule has 0 N–H and O–H groups in total. The highest BCUT2D eigenvalue weighted by atomic mass is 16.7. The Labute approximate surface area is 140 Å². The summed E-state index contributed by atoms with van der Waals surface area (Å²) >= 11 is 0. The molecule has 4 nitrogen and oxygen atoms in total. The molecule has 1 unspecified atom stereocenters. The normalized spacial score (nSPS) is 19.9. The Morgan fingerprint density at radius 3 is 2.79 bits per heavy atom. The van der Waals surface area contributed by atoms with Crippen molar-refractivity contribution in [3.8, 4) is 17.2 Å². The number of ether oxygens (including phenoxy) is 3. The Morgan fingerprint density at radius 2 is 1.96 bits per heavy atom. The summed E-state index contributed by atoms with van der Waals surface area (Å²) in [5, 5.41) is 0. The summed E-state index contributed by atoms with van der Waals surface area (Å²) in [5.74, 6) is 2.08. The first-order valence-electron chi connectivity index (χ1n) is 8.00.